The lowest BCUT2D eigenvalue weighted by atomic mass is 9.82. The molecule has 3 aliphatic carbocycles. The predicted octanol–water partition coefficient (Wildman–Crippen LogP) is 3.29. The van der Waals surface area contributed by atoms with Crippen LogP contribution in [0.4, 0.5) is 0 Å². The van der Waals surface area contributed by atoms with Crippen LogP contribution in [0.1, 0.15) is 71.1 Å². The van der Waals surface area contributed by atoms with E-state index in [0.717, 1.165) is 37.1 Å². The van der Waals surface area contributed by atoms with Crippen LogP contribution in [0.2, 0.25) is 0 Å². The quantitative estimate of drug-likeness (QED) is 0.865. The van der Waals surface area contributed by atoms with Gasteiger partial charge in [-0.05, 0) is 56.3 Å². The van der Waals surface area contributed by atoms with Crippen LogP contribution in [0.15, 0.2) is 0 Å². The summed E-state index contributed by atoms with van der Waals surface area (Å²) in [4.78, 5) is 15.1. The van der Waals surface area contributed by atoms with E-state index in [4.69, 9.17) is 0 Å². The van der Waals surface area contributed by atoms with Gasteiger partial charge in [0.15, 0.2) is 0 Å². The molecule has 0 aromatic carbocycles. The SMILES string of the molecule is CC1CCC(CN2C(=O)C3(CC3)NC2C2CCCC2)CC1. The Morgan fingerprint density at radius 2 is 1.76 bits per heavy atom. The van der Waals surface area contributed by atoms with Crippen molar-refractivity contribution in [3.63, 3.8) is 0 Å². The summed E-state index contributed by atoms with van der Waals surface area (Å²) >= 11 is 0. The summed E-state index contributed by atoms with van der Waals surface area (Å²) in [7, 11) is 0. The van der Waals surface area contributed by atoms with Crippen LogP contribution in [0.25, 0.3) is 0 Å². The Morgan fingerprint density at radius 3 is 2.38 bits per heavy atom. The molecule has 21 heavy (non-hydrogen) atoms. The van der Waals surface area contributed by atoms with Crippen LogP contribution in [0.5, 0.6) is 0 Å². The standard InChI is InChI=1S/C18H30N2O/c1-13-6-8-14(9-7-13)12-20-16(15-4-2-3-5-15)19-18(10-11-18)17(20)21/h13-16,19H,2-12H2,1H3. The van der Waals surface area contributed by atoms with E-state index in [1.807, 2.05) is 0 Å². The normalized spacial score (nSPS) is 39.4. The minimum atomic E-state index is -0.116. The topological polar surface area (TPSA) is 32.3 Å². The molecular formula is C18H30N2O. The second-order valence-electron chi connectivity index (χ2n) is 8.30. The van der Waals surface area contributed by atoms with Gasteiger partial charge in [-0.3, -0.25) is 10.1 Å². The first-order valence-corrected chi connectivity index (χ1v) is 9.27. The Balaban J connectivity index is 1.46. The van der Waals surface area contributed by atoms with Crippen molar-refractivity contribution >= 4 is 5.91 Å². The molecule has 1 aliphatic heterocycles. The number of carbonyl (C=O) groups is 1. The Hall–Kier alpha value is -0.570. The molecule has 4 fully saturated rings. The number of amides is 1. The van der Waals surface area contributed by atoms with E-state index < -0.39 is 0 Å². The average molecular weight is 290 g/mol. The highest BCUT2D eigenvalue weighted by Crippen LogP contribution is 2.46. The van der Waals surface area contributed by atoms with Crippen LogP contribution in [-0.2, 0) is 4.79 Å². The van der Waals surface area contributed by atoms with Crippen molar-refractivity contribution in [2.75, 3.05) is 6.54 Å². The number of rotatable bonds is 3. The van der Waals surface area contributed by atoms with Gasteiger partial charge in [-0.1, -0.05) is 32.6 Å². The maximum absolute atomic E-state index is 12.9. The molecule has 3 heteroatoms. The monoisotopic (exact) mass is 290 g/mol. The highest BCUT2D eigenvalue weighted by atomic mass is 16.2. The van der Waals surface area contributed by atoms with Gasteiger partial charge in [-0.2, -0.15) is 0 Å². The van der Waals surface area contributed by atoms with Crippen molar-refractivity contribution in [2.45, 2.75) is 82.8 Å². The third-order valence-corrected chi connectivity index (χ3v) is 6.62. The molecule has 1 N–H and O–H groups in total. The minimum absolute atomic E-state index is 0.116. The Labute approximate surface area is 128 Å². The van der Waals surface area contributed by atoms with Crippen LogP contribution in [-0.4, -0.2) is 29.1 Å². The van der Waals surface area contributed by atoms with E-state index in [0.29, 0.717) is 12.1 Å². The molecular weight excluding hydrogens is 260 g/mol. The summed E-state index contributed by atoms with van der Waals surface area (Å²) in [6.45, 7) is 3.40. The summed E-state index contributed by atoms with van der Waals surface area (Å²) in [5.41, 5.74) is -0.116. The third-order valence-electron chi connectivity index (χ3n) is 6.62. The number of nitrogens with zero attached hydrogens (tertiary/aromatic N) is 1. The molecule has 118 valence electrons. The number of hydrogen-bond acceptors (Lipinski definition) is 2. The van der Waals surface area contributed by atoms with Gasteiger partial charge in [-0.15, -0.1) is 0 Å². The number of hydrogen-bond donors (Lipinski definition) is 1. The first-order chi connectivity index (χ1) is 10.2. The summed E-state index contributed by atoms with van der Waals surface area (Å²) in [5.74, 6) is 2.81. The van der Waals surface area contributed by atoms with Crippen LogP contribution >= 0.6 is 0 Å². The molecule has 1 saturated heterocycles. The second kappa shape index (κ2) is 5.26. The molecule has 3 nitrogen and oxygen atoms in total. The fourth-order valence-corrected chi connectivity index (χ4v) is 4.94. The van der Waals surface area contributed by atoms with E-state index in [9.17, 15) is 4.79 Å². The third kappa shape index (κ3) is 2.52. The van der Waals surface area contributed by atoms with Gasteiger partial charge in [0.25, 0.3) is 0 Å². The largest absolute Gasteiger partial charge is 0.325 e. The van der Waals surface area contributed by atoms with Crippen molar-refractivity contribution in [2.24, 2.45) is 17.8 Å². The van der Waals surface area contributed by atoms with Gasteiger partial charge in [0.05, 0.1) is 11.7 Å². The molecule has 4 rings (SSSR count). The molecule has 1 amide bonds. The Kier molecular flexibility index (Phi) is 3.52. The maximum atomic E-state index is 12.9. The minimum Gasteiger partial charge on any atom is -0.325 e. The van der Waals surface area contributed by atoms with Crippen molar-refractivity contribution in [3.8, 4) is 0 Å². The molecule has 1 heterocycles. The van der Waals surface area contributed by atoms with E-state index in [1.54, 1.807) is 0 Å². The van der Waals surface area contributed by atoms with Gasteiger partial charge in [0, 0.05) is 6.54 Å². The zero-order valence-electron chi connectivity index (χ0n) is 13.4. The van der Waals surface area contributed by atoms with Crippen molar-refractivity contribution in [1.82, 2.24) is 10.2 Å². The van der Waals surface area contributed by atoms with Crippen molar-refractivity contribution < 1.29 is 4.79 Å². The van der Waals surface area contributed by atoms with E-state index >= 15 is 0 Å². The molecule has 3 saturated carbocycles. The van der Waals surface area contributed by atoms with Gasteiger partial charge in [0.2, 0.25) is 5.91 Å². The molecule has 0 aromatic rings. The van der Waals surface area contributed by atoms with Crippen molar-refractivity contribution in [3.05, 3.63) is 0 Å². The molecule has 1 spiro atoms. The lowest BCUT2D eigenvalue weighted by Crippen LogP contribution is -2.45. The lowest BCUT2D eigenvalue weighted by molar-refractivity contribution is -0.132. The van der Waals surface area contributed by atoms with Crippen LogP contribution in [0.3, 0.4) is 0 Å². The molecule has 0 aromatic heterocycles. The summed E-state index contributed by atoms with van der Waals surface area (Å²) in [5, 5.41) is 3.76. The number of nitrogens with one attached hydrogen (secondary N) is 1. The van der Waals surface area contributed by atoms with Crippen LogP contribution < -0.4 is 5.32 Å². The Bertz CT molecular complexity index is 403. The van der Waals surface area contributed by atoms with Crippen molar-refractivity contribution in [1.29, 1.82) is 0 Å². The summed E-state index contributed by atoms with van der Waals surface area (Å²) in [6, 6.07) is 0. The average Bonchev–Trinajstić information content (AvgIpc) is 2.97. The zero-order valence-corrected chi connectivity index (χ0v) is 13.4. The molecule has 0 radical (unpaired) electrons. The second-order valence-corrected chi connectivity index (χ2v) is 8.30. The smallest absolute Gasteiger partial charge is 0.244 e. The fraction of sp³-hybridized carbons (Fsp3) is 0.944. The van der Waals surface area contributed by atoms with E-state index in [2.05, 4.69) is 17.1 Å². The highest BCUT2D eigenvalue weighted by molar-refractivity contribution is 5.91. The molecule has 0 bridgehead atoms. The first-order valence-electron chi connectivity index (χ1n) is 9.27. The summed E-state index contributed by atoms with van der Waals surface area (Å²) < 4.78 is 0. The fourth-order valence-electron chi connectivity index (χ4n) is 4.94. The molecule has 4 aliphatic rings. The lowest BCUT2D eigenvalue weighted by Gasteiger charge is -2.34. The number of carbonyl (C=O) groups excluding carboxylic acids is 1. The molecule has 1 atom stereocenters. The maximum Gasteiger partial charge on any atom is 0.244 e. The predicted molar refractivity (Wildman–Crippen MR) is 83.7 cm³/mol. The zero-order chi connectivity index (χ0) is 14.4. The van der Waals surface area contributed by atoms with Gasteiger partial charge in [-0.25, -0.2) is 0 Å². The van der Waals surface area contributed by atoms with E-state index in [-0.39, 0.29) is 5.54 Å². The molecule has 1 unspecified atom stereocenters. The van der Waals surface area contributed by atoms with E-state index in [1.165, 1.54) is 51.4 Å². The first kappa shape index (κ1) is 14.0. The highest BCUT2D eigenvalue weighted by Gasteiger charge is 2.60. The van der Waals surface area contributed by atoms with Crippen LogP contribution in [0, 0.1) is 17.8 Å². The van der Waals surface area contributed by atoms with Gasteiger partial charge in [0.1, 0.15) is 0 Å². The van der Waals surface area contributed by atoms with Gasteiger partial charge < -0.3 is 4.90 Å². The summed E-state index contributed by atoms with van der Waals surface area (Å²) in [6.07, 6.45) is 13.3. The Morgan fingerprint density at radius 1 is 1.10 bits per heavy atom. The van der Waals surface area contributed by atoms with Gasteiger partial charge >= 0.3 is 0 Å².